The fourth-order valence-electron chi connectivity index (χ4n) is 5.01. The van der Waals surface area contributed by atoms with Gasteiger partial charge in [0.05, 0.1) is 6.61 Å². The second-order valence-corrected chi connectivity index (χ2v) is 7.84. The van der Waals surface area contributed by atoms with Gasteiger partial charge in [-0.25, -0.2) is 13.2 Å². The highest BCUT2D eigenvalue weighted by Gasteiger charge is 2.56. The van der Waals surface area contributed by atoms with Gasteiger partial charge < -0.3 is 4.74 Å². The molecule has 0 saturated heterocycles. The number of benzene rings is 1. The largest absolute Gasteiger partial charge is 0.491 e. The monoisotopic (exact) mass is 372 g/mol. The fraction of sp³-hybridized carbons (Fsp3) is 0.714. The molecule has 0 aromatic heterocycles. The van der Waals surface area contributed by atoms with Gasteiger partial charge in [0.2, 0.25) is 5.82 Å². The lowest BCUT2D eigenvalue weighted by Crippen LogP contribution is -2.37. The summed E-state index contributed by atoms with van der Waals surface area (Å²) in [5, 5.41) is 0. The molecular formula is C21H28F4O. The number of hydrogen-bond acceptors (Lipinski definition) is 1. The van der Waals surface area contributed by atoms with Gasteiger partial charge in [-0.3, -0.25) is 0 Å². The average Bonchev–Trinajstić information content (AvgIpc) is 2.76. The molecule has 2 saturated carbocycles. The zero-order chi connectivity index (χ0) is 18.9. The first-order valence-corrected chi connectivity index (χ1v) is 9.86. The second kappa shape index (κ2) is 7.77. The van der Waals surface area contributed by atoms with E-state index >= 15 is 4.39 Å². The Labute approximate surface area is 153 Å². The molecule has 5 unspecified atom stereocenters. The first-order valence-electron chi connectivity index (χ1n) is 9.86. The normalized spacial score (nSPS) is 34.4. The number of hydrogen-bond donors (Lipinski definition) is 0. The van der Waals surface area contributed by atoms with Crippen LogP contribution in [-0.2, 0) is 0 Å². The summed E-state index contributed by atoms with van der Waals surface area (Å²) >= 11 is 0. The van der Waals surface area contributed by atoms with Crippen LogP contribution in [0, 0.1) is 23.5 Å². The summed E-state index contributed by atoms with van der Waals surface area (Å²) in [6, 6.07) is 2.97. The Morgan fingerprint density at radius 1 is 1.12 bits per heavy atom. The van der Waals surface area contributed by atoms with E-state index in [2.05, 4.69) is 0 Å². The molecule has 146 valence electrons. The number of fused-ring (bicyclic) bond motifs is 1. The van der Waals surface area contributed by atoms with Crippen molar-refractivity contribution in [2.24, 2.45) is 11.8 Å². The van der Waals surface area contributed by atoms with Crippen molar-refractivity contribution in [1.82, 2.24) is 0 Å². The molecule has 2 fully saturated rings. The van der Waals surface area contributed by atoms with Crippen molar-refractivity contribution in [3.63, 3.8) is 0 Å². The Bertz CT molecular complexity index is 635. The van der Waals surface area contributed by atoms with Crippen molar-refractivity contribution in [3.05, 3.63) is 29.3 Å². The minimum absolute atomic E-state index is 0.0813. The van der Waals surface area contributed by atoms with E-state index in [-0.39, 0.29) is 42.1 Å². The maximum absolute atomic E-state index is 15.5. The highest BCUT2D eigenvalue weighted by Crippen LogP contribution is 2.54. The van der Waals surface area contributed by atoms with Crippen LogP contribution in [0.5, 0.6) is 5.75 Å². The minimum Gasteiger partial charge on any atom is -0.491 e. The number of halogens is 4. The Balaban J connectivity index is 1.78. The molecule has 5 atom stereocenters. The quantitative estimate of drug-likeness (QED) is 0.536. The summed E-state index contributed by atoms with van der Waals surface area (Å²) in [6.07, 6.45) is 2.21. The highest BCUT2D eigenvalue weighted by atomic mass is 19.2. The molecule has 2 aliphatic carbocycles. The third kappa shape index (κ3) is 3.34. The second-order valence-electron chi connectivity index (χ2n) is 7.84. The SMILES string of the molecule is CCCC1CC2CCC(c3ccc(OCC)c(F)c3F)CCC2(F)C1F. The lowest BCUT2D eigenvalue weighted by atomic mass is 9.87. The van der Waals surface area contributed by atoms with E-state index < -0.39 is 23.5 Å². The van der Waals surface area contributed by atoms with E-state index in [0.29, 0.717) is 32.1 Å². The highest BCUT2D eigenvalue weighted by molar-refractivity contribution is 5.33. The predicted octanol–water partition coefficient (Wildman–Crippen LogP) is 6.50. The third-order valence-corrected chi connectivity index (χ3v) is 6.35. The summed E-state index contributed by atoms with van der Waals surface area (Å²) < 4.78 is 64.0. The van der Waals surface area contributed by atoms with Crippen molar-refractivity contribution >= 4 is 0 Å². The number of alkyl halides is 2. The van der Waals surface area contributed by atoms with Crippen LogP contribution in [0.25, 0.3) is 0 Å². The fourth-order valence-corrected chi connectivity index (χ4v) is 5.01. The van der Waals surface area contributed by atoms with E-state index in [9.17, 15) is 13.2 Å². The Morgan fingerprint density at radius 3 is 2.58 bits per heavy atom. The zero-order valence-corrected chi connectivity index (χ0v) is 15.5. The van der Waals surface area contributed by atoms with E-state index in [1.165, 1.54) is 12.1 Å². The molecule has 26 heavy (non-hydrogen) atoms. The van der Waals surface area contributed by atoms with Gasteiger partial charge in [-0.05, 0) is 74.8 Å². The zero-order valence-electron chi connectivity index (χ0n) is 15.5. The van der Waals surface area contributed by atoms with Gasteiger partial charge in [0.15, 0.2) is 11.6 Å². The van der Waals surface area contributed by atoms with Crippen LogP contribution in [-0.4, -0.2) is 18.4 Å². The van der Waals surface area contributed by atoms with Crippen molar-refractivity contribution in [1.29, 1.82) is 0 Å². The van der Waals surface area contributed by atoms with E-state index in [1.807, 2.05) is 6.92 Å². The third-order valence-electron chi connectivity index (χ3n) is 6.35. The number of rotatable bonds is 5. The molecule has 2 aliphatic rings. The van der Waals surface area contributed by atoms with Gasteiger partial charge >= 0.3 is 0 Å². The summed E-state index contributed by atoms with van der Waals surface area (Å²) in [4.78, 5) is 0. The van der Waals surface area contributed by atoms with E-state index in [4.69, 9.17) is 4.74 Å². The van der Waals surface area contributed by atoms with E-state index in [0.717, 1.165) is 6.42 Å². The molecule has 1 aromatic carbocycles. The first-order chi connectivity index (χ1) is 12.4. The van der Waals surface area contributed by atoms with Crippen LogP contribution < -0.4 is 4.74 Å². The first kappa shape index (κ1) is 19.5. The Hall–Kier alpha value is -1.26. The molecule has 3 rings (SSSR count). The molecule has 0 spiro atoms. The average molecular weight is 372 g/mol. The Morgan fingerprint density at radius 2 is 1.88 bits per heavy atom. The summed E-state index contributed by atoms with van der Waals surface area (Å²) in [6.45, 7) is 3.95. The predicted molar refractivity (Wildman–Crippen MR) is 94.0 cm³/mol. The maximum atomic E-state index is 15.5. The van der Waals surface area contributed by atoms with Gasteiger partial charge in [0.25, 0.3) is 0 Å². The molecule has 0 radical (unpaired) electrons. The Kier molecular flexibility index (Phi) is 5.83. The van der Waals surface area contributed by atoms with Gasteiger partial charge in [0.1, 0.15) is 11.8 Å². The lowest BCUT2D eigenvalue weighted by molar-refractivity contribution is 0.0187. The van der Waals surface area contributed by atoms with Gasteiger partial charge in [0, 0.05) is 0 Å². The molecule has 0 heterocycles. The van der Waals surface area contributed by atoms with Crippen LogP contribution in [0.1, 0.15) is 70.3 Å². The van der Waals surface area contributed by atoms with Crippen molar-refractivity contribution in [2.75, 3.05) is 6.61 Å². The van der Waals surface area contributed by atoms with Crippen LogP contribution in [0.3, 0.4) is 0 Å². The molecule has 0 aliphatic heterocycles. The summed E-state index contributed by atoms with van der Waals surface area (Å²) in [7, 11) is 0. The van der Waals surface area contributed by atoms with E-state index in [1.54, 1.807) is 6.92 Å². The molecule has 0 bridgehead atoms. The van der Waals surface area contributed by atoms with Crippen LogP contribution >= 0.6 is 0 Å². The van der Waals surface area contributed by atoms with Crippen molar-refractivity contribution in [3.8, 4) is 5.75 Å². The molecule has 1 aromatic rings. The topological polar surface area (TPSA) is 9.23 Å². The maximum Gasteiger partial charge on any atom is 0.200 e. The molecule has 5 heteroatoms. The molecular weight excluding hydrogens is 344 g/mol. The smallest absolute Gasteiger partial charge is 0.200 e. The van der Waals surface area contributed by atoms with Crippen LogP contribution in [0.15, 0.2) is 12.1 Å². The number of ether oxygens (including phenoxy) is 1. The van der Waals surface area contributed by atoms with Crippen LogP contribution in [0.4, 0.5) is 17.6 Å². The summed E-state index contributed by atoms with van der Waals surface area (Å²) in [5.74, 6) is -2.81. The van der Waals surface area contributed by atoms with Gasteiger partial charge in [-0.1, -0.05) is 19.4 Å². The molecule has 0 N–H and O–H groups in total. The van der Waals surface area contributed by atoms with Crippen molar-refractivity contribution < 1.29 is 22.3 Å². The van der Waals surface area contributed by atoms with Gasteiger partial charge in [-0.15, -0.1) is 0 Å². The summed E-state index contributed by atoms with van der Waals surface area (Å²) in [5.41, 5.74) is -1.55. The molecule has 1 nitrogen and oxygen atoms in total. The van der Waals surface area contributed by atoms with Crippen LogP contribution in [0.2, 0.25) is 0 Å². The minimum atomic E-state index is -1.81. The molecule has 0 amide bonds. The lowest BCUT2D eigenvalue weighted by Gasteiger charge is -2.27. The van der Waals surface area contributed by atoms with Crippen molar-refractivity contribution in [2.45, 2.75) is 76.6 Å². The standard InChI is InChI=1S/C21H28F4O/c1-3-5-14-12-15-7-6-13(10-11-21(15,25)20(14)24)16-8-9-17(26-4-2)19(23)18(16)22/h8-9,13-15,20H,3-7,10-12H2,1-2H3. The van der Waals surface area contributed by atoms with Gasteiger partial charge in [-0.2, -0.15) is 4.39 Å².